The molecular formula is C13H23N3O3S. The number of nitrogens with one attached hydrogen (secondary N) is 1. The second-order valence-electron chi connectivity index (χ2n) is 5.42. The molecule has 1 aliphatic carbocycles. The summed E-state index contributed by atoms with van der Waals surface area (Å²) < 4.78 is 29.2. The number of nitrogens with zero attached hydrogens (tertiary/aromatic N) is 2. The van der Waals surface area contributed by atoms with Gasteiger partial charge in [0, 0.05) is 25.4 Å². The zero-order valence-electron chi connectivity index (χ0n) is 12.0. The molecule has 0 aromatic carbocycles. The van der Waals surface area contributed by atoms with E-state index in [4.69, 9.17) is 0 Å². The molecule has 7 heteroatoms. The number of imidazole rings is 1. The van der Waals surface area contributed by atoms with Gasteiger partial charge in [-0.05, 0) is 32.1 Å². The Morgan fingerprint density at radius 3 is 2.90 bits per heavy atom. The van der Waals surface area contributed by atoms with Crippen LogP contribution in [-0.2, 0) is 16.6 Å². The van der Waals surface area contributed by atoms with Crippen LogP contribution < -0.4 is 4.72 Å². The maximum absolute atomic E-state index is 12.4. The number of hydrogen-bond acceptors (Lipinski definition) is 4. The number of aliphatic hydroxyl groups excluding tert-OH is 1. The zero-order valence-corrected chi connectivity index (χ0v) is 12.9. The van der Waals surface area contributed by atoms with Crippen LogP contribution >= 0.6 is 0 Å². The molecule has 0 amide bonds. The molecular weight excluding hydrogens is 278 g/mol. The molecule has 0 saturated heterocycles. The van der Waals surface area contributed by atoms with Gasteiger partial charge in [0.2, 0.25) is 0 Å². The molecule has 20 heavy (non-hydrogen) atoms. The maximum Gasteiger partial charge on any atom is 0.259 e. The third-order valence-corrected chi connectivity index (χ3v) is 5.25. The van der Waals surface area contributed by atoms with Crippen molar-refractivity contribution < 1.29 is 13.5 Å². The SMILES string of the molecule is CCCn1cc(S(=O)(=O)NC2CCCC2CO)nc1C. The summed E-state index contributed by atoms with van der Waals surface area (Å²) >= 11 is 0. The number of aryl methyl sites for hydroxylation is 2. The summed E-state index contributed by atoms with van der Waals surface area (Å²) in [5.41, 5.74) is 0. The Morgan fingerprint density at radius 2 is 2.25 bits per heavy atom. The van der Waals surface area contributed by atoms with Crippen molar-refractivity contribution in [2.24, 2.45) is 5.92 Å². The van der Waals surface area contributed by atoms with Crippen molar-refractivity contribution in [3.8, 4) is 0 Å². The lowest BCUT2D eigenvalue weighted by Gasteiger charge is -2.18. The largest absolute Gasteiger partial charge is 0.396 e. The smallest absolute Gasteiger partial charge is 0.259 e. The fraction of sp³-hybridized carbons (Fsp3) is 0.769. The second-order valence-corrected chi connectivity index (χ2v) is 7.08. The molecule has 0 spiro atoms. The summed E-state index contributed by atoms with van der Waals surface area (Å²) in [5, 5.41) is 9.34. The third-order valence-electron chi connectivity index (χ3n) is 3.89. The van der Waals surface area contributed by atoms with Gasteiger partial charge in [0.15, 0.2) is 5.03 Å². The van der Waals surface area contributed by atoms with E-state index in [9.17, 15) is 13.5 Å². The molecule has 1 aromatic heterocycles. The van der Waals surface area contributed by atoms with Crippen LogP contribution in [0.3, 0.4) is 0 Å². The fourth-order valence-electron chi connectivity index (χ4n) is 2.75. The molecule has 1 heterocycles. The minimum absolute atomic E-state index is 0.0172. The van der Waals surface area contributed by atoms with Gasteiger partial charge >= 0.3 is 0 Å². The van der Waals surface area contributed by atoms with Crippen molar-refractivity contribution in [1.29, 1.82) is 0 Å². The van der Waals surface area contributed by atoms with Gasteiger partial charge in [0.1, 0.15) is 5.82 Å². The third kappa shape index (κ3) is 3.21. The average molecular weight is 301 g/mol. The Labute approximate surface area is 120 Å². The molecule has 2 atom stereocenters. The number of aliphatic hydroxyl groups is 1. The van der Waals surface area contributed by atoms with Gasteiger partial charge in [-0.1, -0.05) is 13.3 Å². The van der Waals surface area contributed by atoms with Gasteiger partial charge in [0.25, 0.3) is 10.0 Å². The molecule has 6 nitrogen and oxygen atoms in total. The van der Waals surface area contributed by atoms with Gasteiger partial charge < -0.3 is 9.67 Å². The van der Waals surface area contributed by atoms with Crippen LogP contribution in [0.25, 0.3) is 0 Å². The lowest BCUT2D eigenvalue weighted by Crippen LogP contribution is -2.38. The highest BCUT2D eigenvalue weighted by Crippen LogP contribution is 2.26. The van der Waals surface area contributed by atoms with E-state index in [0.29, 0.717) is 5.82 Å². The van der Waals surface area contributed by atoms with Crippen LogP contribution in [0, 0.1) is 12.8 Å². The molecule has 114 valence electrons. The molecule has 1 fully saturated rings. The Bertz CT molecular complexity index is 553. The van der Waals surface area contributed by atoms with Crippen molar-refractivity contribution in [2.75, 3.05) is 6.61 Å². The van der Waals surface area contributed by atoms with Gasteiger partial charge in [-0.2, -0.15) is 0 Å². The van der Waals surface area contributed by atoms with Crippen molar-refractivity contribution in [3.63, 3.8) is 0 Å². The van der Waals surface area contributed by atoms with Crippen LogP contribution in [-0.4, -0.2) is 35.7 Å². The summed E-state index contributed by atoms with van der Waals surface area (Å²) in [5.74, 6) is 0.723. The lowest BCUT2D eigenvalue weighted by molar-refractivity contribution is 0.213. The second kappa shape index (κ2) is 6.24. The monoisotopic (exact) mass is 301 g/mol. The predicted molar refractivity (Wildman–Crippen MR) is 75.8 cm³/mol. The highest BCUT2D eigenvalue weighted by atomic mass is 32.2. The Balaban J connectivity index is 2.16. The van der Waals surface area contributed by atoms with E-state index in [0.717, 1.165) is 32.2 Å². The van der Waals surface area contributed by atoms with Crippen LogP contribution in [0.2, 0.25) is 0 Å². The molecule has 2 N–H and O–H groups in total. The normalized spacial score (nSPS) is 23.4. The molecule has 0 radical (unpaired) electrons. The molecule has 2 unspecified atom stereocenters. The predicted octanol–water partition coefficient (Wildman–Crippen LogP) is 1.04. The first-order valence-corrected chi connectivity index (χ1v) is 8.63. The highest BCUT2D eigenvalue weighted by Gasteiger charge is 2.31. The summed E-state index contributed by atoms with van der Waals surface area (Å²) in [6.07, 6.45) is 5.11. The first-order valence-electron chi connectivity index (χ1n) is 7.15. The summed E-state index contributed by atoms with van der Waals surface area (Å²) in [4.78, 5) is 4.14. The molecule has 1 aliphatic rings. The van der Waals surface area contributed by atoms with E-state index >= 15 is 0 Å². The lowest BCUT2D eigenvalue weighted by atomic mass is 10.1. The molecule has 0 bridgehead atoms. The topological polar surface area (TPSA) is 84.2 Å². The van der Waals surface area contributed by atoms with Crippen molar-refractivity contribution in [3.05, 3.63) is 12.0 Å². The minimum Gasteiger partial charge on any atom is -0.396 e. The Kier molecular flexibility index (Phi) is 4.82. The van der Waals surface area contributed by atoms with Crippen molar-refractivity contribution in [2.45, 2.75) is 57.1 Å². The van der Waals surface area contributed by atoms with Crippen molar-refractivity contribution in [1.82, 2.24) is 14.3 Å². The standard InChI is InChI=1S/C13H23N3O3S/c1-3-7-16-8-13(14-10(16)2)20(18,19)15-12-6-4-5-11(12)9-17/h8,11-12,15,17H,3-7,9H2,1-2H3. The maximum atomic E-state index is 12.4. The minimum atomic E-state index is -3.60. The fourth-order valence-corrected chi connectivity index (χ4v) is 4.09. The zero-order chi connectivity index (χ0) is 14.8. The quantitative estimate of drug-likeness (QED) is 0.822. The molecule has 0 aliphatic heterocycles. The van der Waals surface area contributed by atoms with Crippen molar-refractivity contribution >= 4 is 10.0 Å². The number of sulfonamides is 1. The summed E-state index contributed by atoms with van der Waals surface area (Å²) in [6, 6.07) is -0.179. The van der Waals surface area contributed by atoms with E-state index in [1.165, 1.54) is 0 Å². The first-order chi connectivity index (χ1) is 9.47. The number of aromatic nitrogens is 2. The Hall–Kier alpha value is -0.920. The first kappa shape index (κ1) is 15.5. The molecule has 1 aromatic rings. The van der Waals surface area contributed by atoms with Gasteiger partial charge in [-0.3, -0.25) is 0 Å². The van der Waals surface area contributed by atoms with E-state index in [-0.39, 0.29) is 23.6 Å². The number of hydrogen-bond donors (Lipinski definition) is 2. The van der Waals surface area contributed by atoms with E-state index in [1.807, 2.05) is 11.5 Å². The van der Waals surface area contributed by atoms with E-state index in [2.05, 4.69) is 9.71 Å². The van der Waals surface area contributed by atoms with Crippen LogP contribution in [0.4, 0.5) is 0 Å². The van der Waals surface area contributed by atoms with E-state index < -0.39 is 10.0 Å². The summed E-state index contributed by atoms with van der Waals surface area (Å²) in [6.45, 7) is 4.63. The summed E-state index contributed by atoms with van der Waals surface area (Å²) in [7, 11) is -3.60. The van der Waals surface area contributed by atoms with E-state index in [1.54, 1.807) is 13.1 Å². The average Bonchev–Trinajstić information content (AvgIpc) is 2.97. The number of rotatable bonds is 6. The van der Waals surface area contributed by atoms with Crippen LogP contribution in [0.1, 0.15) is 38.4 Å². The molecule has 2 rings (SSSR count). The van der Waals surface area contributed by atoms with Crippen LogP contribution in [0.15, 0.2) is 11.2 Å². The Morgan fingerprint density at radius 1 is 1.50 bits per heavy atom. The molecule has 1 saturated carbocycles. The highest BCUT2D eigenvalue weighted by molar-refractivity contribution is 7.89. The van der Waals surface area contributed by atoms with Crippen LogP contribution in [0.5, 0.6) is 0 Å². The van der Waals surface area contributed by atoms with Gasteiger partial charge in [0.05, 0.1) is 0 Å². The van der Waals surface area contributed by atoms with Gasteiger partial charge in [-0.15, -0.1) is 0 Å². The van der Waals surface area contributed by atoms with Gasteiger partial charge in [-0.25, -0.2) is 18.1 Å².